The number of carbonyl (C=O) groups is 1. The van der Waals surface area contributed by atoms with Gasteiger partial charge in [0.15, 0.2) is 5.82 Å². The Morgan fingerprint density at radius 2 is 2.14 bits per heavy atom. The zero-order valence-corrected chi connectivity index (χ0v) is 13.6. The van der Waals surface area contributed by atoms with Crippen molar-refractivity contribution in [3.05, 3.63) is 34.3 Å². The van der Waals surface area contributed by atoms with E-state index in [-0.39, 0.29) is 11.9 Å². The fourth-order valence-corrected chi connectivity index (χ4v) is 3.04. The first-order chi connectivity index (χ1) is 10.5. The molecule has 1 aliphatic heterocycles. The SMILES string of the molecule is CCc1nc2n(n1)CCC[C@@H]2NC(=O)c1c(C)oc(C)c1C. The van der Waals surface area contributed by atoms with Crippen molar-refractivity contribution >= 4 is 5.91 Å². The number of furan rings is 1. The number of amides is 1. The molecule has 1 N–H and O–H groups in total. The number of rotatable bonds is 3. The Kier molecular flexibility index (Phi) is 3.76. The van der Waals surface area contributed by atoms with Crippen LogP contribution in [0.4, 0.5) is 0 Å². The van der Waals surface area contributed by atoms with E-state index in [0.717, 1.165) is 48.8 Å². The summed E-state index contributed by atoms with van der Waals surface area (Å²) in [7, 11) is 0. The number of nitrogens with zero attached hydrogens (tertiary/aromatic N) is 3. The lowest BCUT2D eigenvalue weighted by atomic mass is 10.1. The van der Waals surface area contributed by atoms with Gasteiger partial charge in [-0.1, -0.05) is 6.92 Å². The number of aryl methyl sites for hydroxylation is 4. The second-order valence-corrected chi connectivity index (χ2v) is 5.85. The Balaban J connectivity index is 1.85. The van der Waals surface area contributed by atoms with Gasteiger partial charge in [-0.2, -0.15) is 5.10 Å². The molecular formula is C16H22N4O2. The lowest BCUT2D eigenvalue weighted by molar-refractivity contribution is 0.0925. The third-order valence-corrected chi connectivity index (χ3v) is 4.33. The van der Waals surface area contributed by atoms with Crippen LogP contribution in [0.3, 0.4) is 0 Å². The van der Waals surface area contributed by atoms with Crippen molar-refractivity contribution in [3.63, 3.8) is 0 Å². The highest BCUT2D eigenvalue weighted by Crippen LogP contribution is 2.26. The highest BCUT2D eigenvalue weighted by atomic mass is 16.3. The minimum absolute atomic E-state index is 0.0805. The number of hydrogen-bond donors (Lipinski definition) is 1. The fourth-order valence-electron chi connectivity index (χ4n) is 3.04. The molecule has 118 valence electrons. The molecule has 6 heteroatoms. The maximum atomic E-state index is 12.6. The van der Waals surface area contributed by atoms with E-state index in [0.29, 0.717) is 11.3 Å². The van der Waals surface area contributed by atoms with Gasteiger partial charge in [-0.05, 0) is 33.6 Å². The van der Waals surface area contributed by atoms with Crippen molar-refractivity contribution in [2.75, 3.05) is 0 Å². The van der Waals surface area contributed by atoms with Crippen LogP contribution in [0.25, 0.3) is 0 Å². The summed E-state index contributed by atoms with van der Waals surface area (Å²) < 4.78 is 7.48. The van der Waals surface area contributed by atoms with E-state index >= 15 is 0 Å². The van der Waals surface area contributed by atoms with E-state index in [1.54, 1.807) is 0 Å². The Morgan fingerprint density at radius 3 is 2.77 bits per heavy atom. The zero-order valence-electron chi connectivity index (χ0n) is 13.6. The summed E-state index contributed by atoms with van der Waals surface area (Å²) in [5.74, 6) is 3.07. The topological polar surface area (TPSA) is 73.0 Å². The van der Waals surface area contributed by atoms with Crippen LogP contribution in [0.2, 0.25) is 0 Å². The minimum atomic E-state index is -0.0913. The molecule has 1 atom stereocenters. The minimum Gasteiger partial charge on any atom is -0.466 e. The van der Waals surface area contributed by atoms with Crippen LogP contribution in [0, 0.1) is 20.8 Å². The third kappa shape index (κ3) is 2.42. The highest BCUT2D eigenvalue weighted by Gasteiger charge is 2.27. The molecule has 22 heavy (non-hydrogen) atoms. The summed E-state index contributed by atoms with van der Waals surface area (Å²) in [5, 5.41) is 7.58. The van der Waals surface area contributed by atoms with E-state index in [1.807, 2.05) is 32.4 Å². The van der Waals surface area contributed by atoms with Crippen LogP contribution in [0.1, 0.15) is 64.9 Å². The lowest BCUT2D eigenvalue weighted by Crippen LogP contribution is -2.33. The monoisotopic (exact) mass is 302 g/mol. The van der Waals surface area contributed by atoms with Crippen LogP contribution in [0.5, 0.6) is 0 Å². The maximum absolute atomic E-state index is 12.6. The van der Waals surface area contributed by atoms with E-state index in [2.05, 4.69) is 15.4 Å². The van der Waals surface area contributed by atoms with Gasteiger partial charge in [0.25, 0.3) is 5.91 Å². The smallest absolute Gasteiger partial charge is 0.255 e. The summed E-state index contributed by atoms with van der Waals surface area (Å²) in [6.07, 6.45) is 2.69. The van der Waals surface area contributed by atoms with Crippen LogP contribution in [0.15, 0.2) is 4.42 Å². The van der Waals surface area contributed by atoms with Gasteiger partial charge in [-0.3, -0.25) is 4.79 Å². The number of nitrogens with one attached hydrogen (secondary N) is 1. The number of hydrogen-bond acceptors (Lipinski definition) is 4. The Morgan fingerprint density at radius 1 is 1.36 bits per heavy atom. The predicted octanol–water partition coefficient (Wildman–Crippen LogP) is 2.62. The van der Waals surface area contributed by atoms with Gasteiger partial charge >= 0.3 is 0 Å². The van der Waals surface area contributed by atoms with Crippen LogP contribution in [-0.4, -0.2) is 20.7 Å². The number of fused-ring (bicyclic) bond motifs is 1. The molecule has 0 saturated carbocycles. The Hall–Kier alpha value is -2.11. The van der Waals surface area contributed by atoms with Crippen molar-refractivity contribution in [3.8, 4) is 0 Å². The Bertz CT molecular complexity index is 714. The summed E-state index contributed by atoms with van der Waals surface area (Å²) in [5.41, 5.74) is 1.55. The molecule has 0 aliphatic carbocycles. The molecule has 3 rings (SSSR count). The standard InChI is InChI=1S/C16H22N4O2/c1-5-13-18-15-12(7-6-8-20(15)19-13)17-16(21)14-9(2)10(3)22-11(14)4/h12H,5-8H2,1-4H3,(H,17,21)/t12-/m0/s1. The number of carbonyl (C=O) groups excluding carboxylic acids is 1. The second kappa shape index (κ2) is 5.59. The van der Waals surface area contributed by atoms with Gasteiger partial charge in [-0.15, -0.1) is 0 Å². The van der Waals surface area contributed by atoms with Crippen molar-refractivity contribution in [1.29, 1.82) is 0 Å². The molecule has 1 aliphatic rings. The van der Waals surface area contributed by atoms with Gasteiger partial charge in [0.05, 0.1) is 11.6 Å². The summed E-state index contributed by atoms with van der Waals surface area (Å²) in [6.45, 7) is 8.53. The summed E-state index contributed by atoms with van der Waals surface area (Å²) in [6, 6.07) is -0.0805. The van der Waals surface area contributed by atoms with Gasteiger partial charge < -0.3 is 9.73 Å². The molecule has 0 fully saturated rings. The normalized spacial score (nSPS) is 17.4. The van der Waals surface area contributed by atoms with Crippen molar-refractivity contribution in [1.82, 2.24) is 20.1 Å². The van der Waals surface area contributed by atoms with Gasteiger partial charge in [0.1, 0.15) is 17.3 Å². The number of aromatic nitrogens is 3. The maximum Gasteiger partial charge on any atom is 0.255 e. The summed E-state index contributed by atoms with van der Waals surface area (Å²) in [4.78, 5) is 17.2. The quantitative estimate of drug-likeness (QED) is 0.946. The average molecular weight is 302 g/mol. The molecule has 6 nitrogen and oxygen atoms in total. The molecule has 0 aromatic carbocycles. The first kappa shape index (κ1) is 14.8. The molecule has 0 bridgehead atoms. The van der Waals surface area contributed by atoms with E-state index in [1.165, 1.54) is 0 Å². The summed E-state index contributed by atoms with van der Waals surface area (Å²) >= 11 is 0. The molecule has 2 aromatic rings. The van der Waals surface area contributed by atoms with Crippen molar-refractivity contribution < 1.29 is 9.21 Å². The van der Waals surface area contributed by atoms with E-state index in [9.17, 15) is 4.79 Å². The average Bonchev–Trinajstić information content (AvgIpc) is 3.01. The van der Waals surface area contributed by atoms with Gasteiger partial charge in [-0.25, -0.2) is 9.67 Å². The predicted molar refractivity (Wildman–Crippen MR) is 81.8 cm³/mol. The molecular weight excluding hydrogens is 280 g/mol. The van der Waals surface area contributed by atoms with Crippen molar-refractivity contribution in [2.24, 2.45) is 0 Å². The molecule has 0 unspecified atom stereocenters. The van der Waals surface area contributed by atoms with Crippen molar-refractivity contribution in [2.45, 2.75) is 59.5 Å². The molecule has 0 spiro atoms. The second-order valence-electron chi connectivity index (χ2n) is 5.85. The largest absolute Gasteiger partial charge is 0.466 e. The first-order valence-corrected chi connectivity index (χ1v) is 7.82. The lowest BCUT2D eigenvalue weighted by Gasteiger charge is -2.23. The van der Waals surface area contributed by atoms with E-state index in [4.69, 9.17) is 4.42 Å². The third-order valence-electron chi connectivity index (χ3n) is 4.33. The zero-order chi connectivity index (χ0) is 15.9. The highest BCUT2D eigenvalue weighted by molar-refractivity contribution is 5.97. The van der Waals surface area contributed by atoms with Crippen LogP contribution >= 0.6 is 0 Å². The molecule has 0 saturated heterocycles. The molecule has 2 aromatic heterocycles. The Labute approximate surface area is 129 Å². The van der Waals surface area contributed by atoms with Crippen LogP contribution in [-0.2, 0) is 13.0 Å². The molecule has 1 amide bonds. The fraction of sp³-hybridized carbons (Fsp3) is 0.562. The van der Waals surface area contributed by atoms with Crippen LogP contribution < -0.4 is 5.32 Å². The van der Waals surface area contributed by atoms with Gasteiger partial charge in [0.2, 0.25) is 0 Å². The van der Waals surface area contributed by atoms with Gasteiger partial charge in [0, 0.05) is 18.5 Å². The molecule has 3 heterocycles. The first-order valence-electron chi connectivity index (χ1n) is 7.82. The molecule has 0 radical (unpaired) electrons. The van der Waals surface area contributed by atoms with E-state index < -0.39 is 0 Å².